The molecule has 156 valence electrons. The van der Waals surface area contributed by atoms with E-state index in [1.54, 1.807) is 29.2 Å². The van der Waals surface area contributed by atoms with Crippen LogP contribution in [0, 0.1) is 5.92 Å². The molecule has 1 aromatic rings. The average Bonchev–Trinajstić information content (AvgIpc) is 3.19. The first-order valence-corrected chi connectivity index (χ1v) is 11.0. The zero-order valence-electron chi connectivity index (χ0n) is 16.7. The van der Waals surface area contributed by atoms with Crippen LogP contribution in [0.4, 0.5) is 0 Å². The van der Waals surface area contributed by atoms with E-state index in [9.17, 15) is 14.4 Å². The van der Waals surface area contributed by atoms with Gasteiger partial charge in [-0.2, -0.15) is 0 Å². The standard InChI is InChI=1S/C22H28ClN3O3/c23-19-7-2-1-6-18(19)22(29)25-11-3-5-16(15-25)21(28)24-13-9-17(10-14-24)26-12-4-8-20(26)27/h1-2,6-7,16-17H,3-5,8-15H2. The highest BCUT2D eigenvalue weighted by Crippen LogP contribution is 2.26. The van der Waals surface area contributed by atoms with Crippen molar-refractivity contribution in [2.75, 3.05) is 32.7 Å². The van der Waals surface area contributed by atoms with Gasteiger partial charge in [0.1, 0.15) is 0 Å². The van der Waals surface area contributed by atoms with Crippen LogP contribution in [0.25, 0.3) is 0 Å². The van der Waals surface area contributed by atoms with Gasteiger partial charge in [-0.3, -0.25) is 14.4 Å². The van der Waals surface area contributed by atoms with Crippen LogP contribution in [0.15, 0.2) is 24.3 Å². The van der Waals surface area contributed by atoms with Crippen LogP contribution in [0.1, 0.15) is 48.9 Å². The van der Waals surface area contributed by atoms with E-state index in [0.29, 0.717) is 43.2 Å². The molecule has 0 aliphatic carbocycles. The van der Waals surface area contributed by atoms with Crippen LogP contribution in [0.2, 0.25) is 5.02 Å². The molecule has 0 N–H and O–H groups in total. The Kier molecular flexibility index (Phi) is 6.09. The average molecular weight is 418 g/mol. The summed E-state index contributed by atoms with van der Waals surface area (Å²) in [5.41, 5.74) is 0.498. The molecule has 1 atom stereocenters. The summed E-state index contributed by atoms with van der Waals surface area (Å²) in [6.45, 7) is 3.37. The molecule has 3 aliphatic heterocycles. The summed E-state index contributed by atoms with van der Waals surface area (Å²) in [7, 11) is 0. The topological polar surface area (TPSA) is 60.9 Å². The van der Waals surface area contributed by atoms with Crippen molar-refractivity contribution >= 4 is 29.3 Å². The SMILES string of the molecule is O=C(c1ccccc1Cl)N1CCCC(C(=O)N2CCC(N3CCCC3=O)CC2)C1. The highest BCUT2D eigenvalue weighted by molar-refractivity contribution is 6.33. The molecule has 3 amide bonds. The molecular formula is C22H28ClN3O3. The Morgan fingerprint density at radius 3 is 2.38 bits per heavy atom. The van der Waals surface area contributed by atoms with Gasteiger partial charge in [-0.25, -0.2) is 0 Å². The van der Waals surface area contributed by atoms with Gasteiger partial charge >= 0.3 is 0 Å². The zero-order chi connectivity index (χ0) is 20.4. The lowest BCUT2D eigenvalue weighted by atomic mass is 9.94. The first-order chi connectivity index (χ1) is 14.0. The first-order valence-electron chi connectivity index (χ1n) is 10.7. The Morgan fingerprint density at radius 2 is 1.69 bits per heavy atom. The van der Waals surface area contributed by atoms with E-state index in [2.05, 4.69) is 0 Å². The summed E-state index contributed by atoms with van der Waals surface area (Å²) in [4.78, 5) is 43.6. The molecule has 7 heteroatoms. The summed E-state index contributed by atoms with van der Waals surface area (Å²) in [6, 6.07) is 7.35. The maximum atomic E-state index is 13.1. The molecule has 0 bridgehead atoms. The second kappa shape index (κ2) is 8.74. The van der Waals surface area contributed by atoms with Gasteiger partial charge in [0, 0.05) is 45.2 Å². The third kappa shape index (κ3) is 4.27. The minimum absolute atomic E-state index is 0.0978. The van der Waals surface area contributed by atoms with Crippen molar-refractivity contribution in [1.29, 1.82) is 0 Å². The maximum absolute atomic E-state index is 13.1. The van der Waals surface area contributed by atoms with E-state index in [4.69, 9.17) is 11.6 Å². The molecule has 0 radical (unpaired) electrons. The molecule has 3 saturated heterocycles. The zero-order valence-corrected chi connectivity index (χ0v) is 17.4. The van der Waals surface area contributed by atoms with E-state index in [-0.39, 0.29) is 29.7 Å². The van der Waals surface area contributed by atoms with Crippen LogP contribution in [-0.2, 0) is 9.59 Å². The number of carbonyl (C=O) groups excluding carboxylic acids is 3. The Morgan fingerprint density at radius 1 is 0.931 bits per heavy atom. The van der Waals surface area contributed by atoms with Gasteiger partial charge in [-0.1, -0.05) is 23.7 Å². The highest BCUT2D eigenvalue weighted by atomic mass is 35.5. The van der Waals surface area contributed by atoms with Crippen molar-refractivity contribution in [2.24, 2.45) is 5.92 Å². The molecule has 1 unspecified atom stereocenters. The minimum atomic E-state index is -0.153. The Hall–Kier alpha value is -2.08. The third-order valence-electron chi connectivity index (χ3n) is 6.49. The number of hydrogen-bond acceptors (Lipinski definition) is 3. The Labute approximate surface area is 176 Å². The molecule has 3 heterocycles. The van der Waals surface area contributed by atoms with Crippen molar-refractivity contribution in [3.05, 3.63) is 34.9 Å². The van der Waals surface area contributed by atoms with E-state index in [0.717, 1.165) is 38.6 Å². The van der Waals surface area contributed by atoms with Crippen molar-refractivity contribution in [3.63, 3.8) is 0 Å². The highest BCUT2D eigenvalue weighted by Gasteiger charge is 2.36. The number of amides is 3. The van der Waals surface area contributed by atoms with Crippen molar-refractivity contribution in [3.8, 4) is 0 Å². The number of halogens is 1. The summed E-state index contributed by atoms with van der Waals surface area (Å²) in [5, 5.41) is 0.449. The first kappa shape index (κ1) is 20.2. The van der Waals surface area contributed by atoms with Crippen LogP contribution in [-0.4, -0.2) is 71.2 Å². The van der Waals surface area contributed by atoms with Crippen LogP contribution in [0.3, 0.4) is 0 Å². The molecule has 1 aromatic carbocycles. The molecule has 29 heavy (non-hydrogen) atoms. The van der Waals surface area contributed by atoms with Gasteiger partial charge in [0.15, 0.2) is 0 Å². The molecule has 0 aromatic heterocycles. The number of rotatable bonds is 3. The fraction of sp³-hybridized carbons (Fsp3) is 0.591. The van der Waals surface area contributed by atoms with Gasteiger partial charge in [-0.15, -0.1) is 0 Å². The number of benzene rings is 1. The van der Waals surface area contributed by atoms with Crippen molar-refractivity contribution in [1.82, 2.24) is 14.7 Å². The lowest BCUT2D eigenvalue weighted by Gasteiger charge is -2.40. The second-order valence-corrected chi connectivity index (χ2v) is 8.72. The number of piperidine rings is 2. The largest absolute Gasteiger partial charge is 0.342 e. The van der Waals surface area contributed by atoms with Gasteiger partial charge in [0.05, 0.1) is 16.5 Å². The maximum Gasteiger partial charge on any atom is 0.255 e. The fourth-order valence-electron chi connectivity index (χ4n) is 4.88. The van der Waals surface area contributed by atoms with Gasteiger partial charge in [0.25, 0.3) is 5.91 Å². The van der Waals surface area contributed by atoms with Gasteiger partial charge < -0.3 is 14.7 Å². The summed E-state index contributed by atoms with van der Waals surface area (Å²) >= 11 is 6.19. The van der Waals surface area contributed by atoms with Crippen molar-refractivity contribution < 1.29 is 14.4 Å². The summed E-state index contributed by atoms with van der Waals surface area (Å²) in [5.74, 6) is 0.156. The molecule has 6 nitrogen and oxygen atoms in total. The fourth-order valence-corrected chi connectivity index (χ4v) is 5.10. The molecular weight excluding hydrogens is 390 g/mol. The predicted molar refractivity (Wildman–Crippen MR) is 111 cm³/mol. The minimum Gasteiger partial charge on any atom is -0.342 e. The third-order valence-corrected chi connectivity index (χ3v) is 6.82. The van der Waals surface area contributed by atoms with Crippen molar-refractivity contribution in [2.45, 2.75) is 44.6 Å². The van der Waals surface area contributed by atoms with E-state index < -0.39 is 0 Å². The number of nitrogens with zero attached hydrogens (tertiary/aromatic N) is 3. The van der Waals surface area contributed by atoms with Crippen LogP contribution < -0.4 is 0 Å². The molecule has 3 fully saturated rings. The van der Waals surface area contributed by atoms with E-state index >= 15 is 0 Å². The molecule has 3 aliphatic rings. The number of carbonyl (C=O) groups is 3. The second-order valence-electron chi connectivity index (χ2n) is 8.32. The van der Waals surface area contributed by atoms with E-state index in [1.165, 1.54) is 0 Å². The normalized spacial score (nSPS) is 23.6. The van der Waals surface area contributed by atoms with Gasteiger partial charge in [0.2, 0.25) is 11.8 Å². The lowest BCUT2D eigenvalue weighted by Crippen LogP contribution is -2.51. The predicted octanol–water partition coefficient (Wildman–Crippen LogP) is 2.81. The lowest BCUT2D eigenvalue weighted by molar-refractivity contribution is -0.139. The summed E-state index contributed by atoms with van der Waals surface area (Å²) in [6.07, 6.45) is 4.96. The Balaban J connectivity index is 1.34. The number of likely N-dealkylation sites (tertiary alicyclic amines) is 3. The van der Waals surface area contributed by atoms with Crippen LogP contribution in [0.5, 0.6) is 0 Å². The van der Waals surface area contributed by atoms with Gasteiger partial charge in [-0.05, 0) is 44.2 Å². The molecule has 0 saturated carbocycles. The van der Waals surface area contributed by atoms with Crippen LogP contribution >= 0.6 is 11.6 Å². The monoisotopic (exact) mass is 417 g/mol. The quantitative estimate of drug-likeness (QED) is 0.759. The number of hydrogen-bond donors (Lipinski definition) is 0. The molecule has 4 rings (SSSR count). The summed E-state index contributed by atoms with van der Waals surface area (Å²) < 4.78 is 0. The van der Waals surface area contributed by atoms with E-state index in [1.807, 2.05) is 9.80 Å². The smallest absolute Gasteiger partial charge is 0.255 e. The Bertz CT molecular complexity index is 791. The molecule has 0 spiro atoms.